The highest BCUT2D eigenvalue weighted by Crippen LogP contribution is 2.49. The third-order valence-corrected chi connectivity index (χ3v) is 12.8. The first-order valence-electron chi connectivity index (χ1n) is 20.2. The molecule has 4 aromatic carbocycles. The number of nitrogens with zero attached hydrogens (tertiary/aromatic N) is 7. The van der Waals surface area contributed by atoms with Crippen LogP contribution in [0.4, 0.5) is 5.82 Å². The Bertz CT molecular complexity index is 2920. The van der Waals surface area contributed by atoms with Crippen molar-refractivity contribution in [2.75, 3.05) is 60.4 Å². The number of carbonyl (C=O) groups excluding carboxylic acids is 1. The van der Waals surface area contributed by atoms with Crippen molar-refractivity contribution < 1.29 is 33.6 Å². The molecule has 0 bridgehead atoms. The summed E-state index contributed by atoms with van der Waals surface area (Å²) in [6.07, 6.45) is 7.78. The molecule has 1 aliphatic heterocycles. The number of pyridine rings is 1. The number of piperazine rings is 1. The zero-order valence-corrected chi connectivity index (χ0v) is 39.9. The molecule has 0 spiro atoms. The summed E-state index contributed by atoms with van der Waals surface area (Å²) in [7, 11) is 8.14. The van der Waals surface area contributed by atoms with Crippen LogP contribution < -0.4 is 24.3 Å². The smallest absolute Gasteiger partial charge is 0.337 e. The second-order valence-corrected chi connectivity index (χ2v) is 17.2. The largest absolute Gasteiger partial charge is 0.495 e. The van der Waals surface area contributed by atoms with Crippen molar-refractivity contribution in [2.45, 2.75) is 25.9 Å². The number of hydrogen-bond donors (Lipinski definition) is 2. The Morgan fingerprint density at radius 1 is 0.652 bits per heavy atom. The Kier molecular flexibility index (Phi) is 14.7. The Morgan fingerprint density at radius 3 is 1.53 bits per heavy atom. The first-order valence-corrected chi connectivity index (χ1v) is 21.7. The highest BCUT2D eigenvalue weighted by Gasteiger charge is 2.31. The second kappa shape index (κ2) is 20.2. The molecule has 19 heteroatoms. The Hall–Kier alpha value is -6.07. The molecule has 7 aromatic rings. The number of hydrogen-bond acceptors (Lipinski definition) is 13. The maximum absolute atomic E-state index is 13.4. The fraction of sp³-hybridized carbons (Fsp3) is 0.255. The van der Waals surface area contributed by atoms with Crippen molar-refractivity contribution in [1.82, 2.24) is 34.7 Å². The lowest BCUT2D eigenvalue weighted by Gasteiger charge is -2.45. The highest BCUT2D eigenvalue weighted by molar-refractivity contribution is 6.42. The summed E-state index contributed by atoms with van der Waals surface area (Å²) in [4.78, 5) is 51.5. The van der Waals surface area contributed by atoms with Crippen LogP contribution >= 0.6 is 46.4 Å². The van der Waals surface area contributed by atoms with Gasteiger partial charge in [0.25, 0.3) is 5.91 Å². The van der Waals surface area contributed by atoms with Gasteiger partial charge in [0, 0.05) is 97.1 Å². The van der Waals surface area contributed by atoms with Crippen LogP contribution in [-0.2, 0) is 6.54 Å². The molecular formula is C47H44Cl4N8O7. The van der Waals surface area contributed by atoms with Gasteiger partial charge < -0.3 is 29.4 Å². The van der Waals surface area contributed by atoms with Gasteiger partial charge in [-0.05, 0) is 44.7 Å². The molecule has 1 fully saturated rings. The van der Waals surface area contributed by atoms with E-state index in [1.807, 2.05) is 18.3 Å². The molecule has 2 N–H and O–H groups in total. The lowest BCUT2D eigenvalue weighted by Crippen LogP contribution is -2.57. The number of rotatable bonds is 11. The molecule has 1 aliphatic rings. The maximum atomic E-state index is 13.4. The molecule has 0 radical (unpaired) electrons. The second-order valence-electron chi connectivity index (χ2n) is 15.7. The fourth-order valence-electron chi connectivity index (χ4n) is 7.63. The Balaban J connectivity index is 0.000000221. The molecule has 66 heavy (non-hydrogen) atoms. The molecule has 1 saturated heterocycles. The number of benzene rings is 4. The summed E-state index contributed by atoms with van der Waals surface area (Å²) in [5.74, 6) is 0.526. The van der Waals surface area contributed by atoms with E-state index in [-0.39, 0.29) is 32.6 Å². The molecule has 0 unspecified atom stereocenters. The third-order valence-electron chi connectivity index (χ3n) is 11.3. The summed E-state index contributed by atoms with van der Waals surface area (Å²) in [5, 5.41) is 13.4. The molecule has 4 heterocycles. The molecule has 15 nitrogen and oxygen atoms in total. The summed E-state index contributed by atoms with van der Waals surface area (Å²) < 4.78 is 21.4. The normalized spacial score (nSPS) is 13.7. The van der Waals surface area contributed by atoms with Gasteiger partial charge in [-0.3, -0.25) is 34.5 Å². The number of fused-ring (bicyclic) bond motifs is 2. The van der Waals surface area contributed by atoms with Crippen molar-refractivity contribution in [3.8, 4) is 45.3 Å². The van der Waals surface area contributed by atoms with Gasteiger partial charge in [0.2, 0.25) is 0 Å². The predicted octanol–water partition coefficient (Wildman–Crippen LogP) is 10.1. The number of aromatic nitrogens is 5. The minimum atomic E-state index is -1.10. The van der Waals surface area contributed by atoms with Crippen molar-refractivity contribution in [3.05, 3.63) is 116 Å². The molecule has 3 aromatic heterocycles. The minimum Gasteiger partial charge on any atom is -0.495 e. The van der Waals surface area contributed by atoms with E-state index in [1.54, 1.807) is 36.5 Å². The number of amides is 1. The van der Waals surface area contributed by atoms with Gasteiger partial charge in [0.1, 0.15) is 39.8 Å². The number of likely N-dealkylation sites (N-methyl/N-ethyl adjacent to an activating group) is 1. The van der Waals surface area contributed by atoms with Crippen LogP contribution in [0.3, 0.4) is 0 Å². The van der Waals surface area contributed by atoms with Gasteiger partial charge in [-0.15, -0.1) is 0 Å². The van der Waals surface area contributed by atoms with Crippen LogP contribution in [0.1, 0.15) is 40.1 Å². The summed E-state index contributed by atoms with van der Waals surface area (Å²) in [6.45, 7) is 8.32. The van der Waals surface area contributed by atoms with Gasteiger partial charge in [-0.1, -0.05) is 64.6 Å². The van der Waals surface area contributed by atoms with Gasteiger partial charge in [-0.2, -0.15) is 0 Å². The van der Waals surface area contributed by atoms with E-state index in [4.69, 9.17) is 65.4 Å². The molecule has 342 valence electrons. The van der Waals surface area contributed by atoms with E-state index in [0.717, 1.165) is 31.7 Å². The van der Waals surface area contributed by atoms with E-state index >= 15 is 0 Å². The van der Waals surface area contributed by atoms with Gasteiger partial charge in [-0.25, -0.2) is 9.78 Å². The van der Waals surface area contributed by atoms with Crippen LogP contribution in [0.25, 0.3) is 44.3 Å². The standard InChI is InChI=1S/C30H32Cl2N6O3.C17H12Cl2N2O4/c1-30(2)17-38(13-12-37(30)3)16-18-6-9-23(35-15-18)36-29(39)20-8-7-19(27-28(20)34-11-10-33-27)24-25(31)21(40-4)14-22(41-5)26(24)32;1-24-10-7-11(25-2)14(19)12(13(10)18)8-3-4-9(17(22)23)16-15(8)20-5-6-21-16/h6-11,14-15H,12-13,16-17H2,1-5H3,(H,35,36,39);3-7H,1-2H3,(H,22,23). The number of anilines is 1. The summed E-state index contributed by atoms with van der Waals surface area (Å²) in [6, 6.07) is 13.4. The average molecular weight is 975 g/mol. The van der Waals surface area contributed by atoms with Crippen LogP contribution in [0, 0.1) is 0 Å². The molecule has 0 atom stereocenters. The first kappa shape index (κ1) is 47.9. The third kappa shape index (κ3) is 9.59. The van der Waals surface area contributed by atoms with E-state index in [9.17, 15) is 14.7 Å². The molecule has 0 saturated carbocycles. The van der Waals surface area contributed by atoms with Crippen LogP contribution in [0.2, 0.25) is 20.1 Å². The zero-order chi connectivity index (χ0) is 47.4. The Labute approximate surface area is 400 Å². The van der Waals surface area contributed by atoms with E-state index in [0.29, 0.717) is 83.2 Å². The average Bonchev–Trinajstić information content (AvgIpc) is 3.31. The number of aromatic carboxylic acids is 1. The highest BCUT2D eigenvalue weighted by atomic mass is 35.5. The lowest BCUT2D eigenvalue weighted by atomic mass is 9.99. The van der Waals surface area contributed by atoms with E-state index < -0.39 is 5.97 Å². The number of carboxylic acid groups (broad SMARTS) is 1. The number of carbonyl (C=O) groups is 2. The van der Waals surface area contributed by atoms with Crippen molar-refractivity contribution in [3.63, 3.8) is 0 Å². The first-order chi connectivity index (χ1) is 31.6. The predicted molar refractivity (Wildman–Crippen MR) is 257 cm³/mol. The summed E-state index contributed by atoms with van der Waals surface area (Å²) in [5.41, 5.74) is 5.06. The van der Waals surface area contributed by atoms with E-state index in [2.05, 4.69) is 60.9 Å². The number of ether oxygens (including phenoxy) is 4. The maximum Gasteiger partial charge on any atom is 0.337 e. The minimum absolute atomic E-state index is 0.0361. The number of carboxylic acids is 1. The van der Waals surface area contributed by atoms with Gasteiger partial charge in [0.05, 0.1) is 70.7 Å². The van der Waals surface area contributed by atoms with Gasteiger partial charge in [0.15, 0.2) is 0 Å². The van der Waals surface area contributed by atoms with E-state index in [1.165, 1.54) is 53.1 Å². The monoisotopic (exact) mass is 972 g/mol. The molecular weight excluding hydrogens is 930 g/mol. The van der Waals surface area contributed by atoms with Crippen molar-refractivity contribution >= 4 is 86.2 Å². The molecule has 0 aliphatic carbocycles. The molecule has 1 amide bonds. The Morgan fingerprint density at radius 2 is 1.11 bits per heavy atom. The van der Waals surface area contributed by atoms with Crippen LogP contribution in [0.5, 0.6) is 23.0 Å². The molecule has 8 rings (SSSR count). The number of nitrogens with one attached hydrogen (secondary N) is 1. The van der Waals surface area contributed by atoms with Crippen molar-refractivity contribution in [1.29, 1.82) is 0 Å². The van der Waals surface area contributed by atoms with Crippen LogP contribution in [0.15, 0.2) is 79.5 Å². The lowest BCUT2D eigenvalue weighted by molar-refractivity contribution is 0.0359. The topological polar surface area (TPSA) is 174 Å². The fourth-order valence-corrected chi connectivity index (χ4v) is 9.04. The van der Waals surface area contributed by atoms with Crippen LogP contribution in [-0.4, -0.2) is 112 Å². The summed E-state index contributed by atoms with van der Waals surface area (Å²) >= 11 is 26.3. The SMILES string of the molecule is COc1cc(OC)c(Cl)c(-c2ccc(C(=O)Nc3ccc(CN4CCN(C)C(C)(C)C4)cn3)c3nccnc23)c1Cl.COc1cc(OC)c(Cl)c(-c2ccc(C(=O)O)c3nccnc23)c1Cl. The van der Waals surface area contributed by atoms with Gasteiger partial charge >= 0.3 is 5.97 Å². The quantitative estimate of drug-likeness (QED) is 0.125. The van der Waals surface area contributed by atoms with Crippen molar-refractivity contribution in [2.24, 2.45) is 0 Å². The number of halogens is 4. The number of methoxy groups -OCH3 is 4. The zero-order valence-electron chi connectivity index (χ0n) is 36.9.